The molecule has 0 amide bonds. The molecule has 4 nitrogen and oxygen atoms in total. The van der Waals surface area contributed by atoms with E-state index in [4.69, 9.17) is 0 Å². The van der Waals surface area contributed by atoms with Crippen LogP contribution in [0, 0.1) is 15.9 Å². The molecule has 0 fully saturated rings. The standard InChI is InChI=1S/C7H6FNO3S/c1-13(12)5-2-3-6(8)7(4-5)9(10)11/h2-4H,1H3. The summed E-state index contributed by atoms with van der Waals surface area (Å²) in [6.07, 6.45) is 1.37. The van der Waals surface area contributed by atoms with Crippen LogP contribution < -0.4 is 0 Å². The lowest BCUT2D eigenvalue weighted by Gasteiger charge is -1.96. The zero-order chi connectivity index (χ0) is 10.0. The first-order valence-corrected chi connectivity index (χ1v) is 4.85. The first-order valence-electron chi connectivity index (χ1n) is 3.29. The van der Waals surface area contributed by atoms with E-state index in [-0.39, 0.29) is 4.90 Å². The van der Waals surface area contributed by atoms with E-state index in [1.165, 1.54) is 12.3 Å². The number of rotatable bonds is 2. The van der Waals surface area contributed by atoms with Crippen LogP contribution in [-0.4, -0.2) is 15.4 Å². The fraction of sp³-hybridized carbons (Fsp3) is 0.143. The minimum Gasteiger partial charge on any atom is -0.258 e. The minimum absolute atomic E-state index is 0.244. The lowest BCUT2D eigenvalue weighted by molar-refractivity contribution is -0.387. The highest BCUT2D eigenvalue weighted by atomic mass is 32.2. The van der Waals surface area contributed by atoms with Crippen molar-refractivity contribution in [3.8, 4) is 0 Å². The van der Waals surface area contributed by atoms with Gasteiger partial charge >= 0.3 is 5.69 Å². The van der Waals surface area contributed by atoms with E-state index in [9.17, 15) is 18.7 Å². The molecule has 0 bridgehead atoms. The van der Waals surface area contributed by atoms with E-state index in [0.717, 1.165) is 12.1 Å². The maximum atomic E-state index is 12.7. The average molecular weight is 203 g/mol. The van der Waals surface area contributed by atoms with Gasteiger partial charge < -0.3 is 0 Å². The summed E-state index contributed by atoms with van der Waals surface area (Å²) in [5.41, 5.74) is -0.646. The van der Waals surface area contributed by atoms with E-state index in [1.807, 2.05) is 0 Å². The Morgan fingerprint density at radius 2 is 2.15 bits per heavy atom. The molecule has 0 saturated carbocycles. The summed E-state index contributed by atoms with van der Waals surface area (Å²) in [6.45, 7) is 0. The Balaban J connectivity index is 3.27. The molecular formula is C7H6FNO3S. The summed E-state index contributed by atoms with van der Waals surface area (Å²) in [4.78, 5) is 9.67. The lowest BCUT2D eigenvalue weighted by Crippen LogP contribution is -1.95. The van der Waals surface area contributed by atoms with Gasteiger partial charge in [0.05, 0.1) is 15.7 Å². The number of halogens is 1. The Morgan fingerprint density at radius 3 is 2.62 bits per heavy atom. The molecule has 1 unspecified atom stereocenters. The number of hydrogen-bond donors (Lipinski definition) is 0. The molecule has 70 valence electrons. The summed E-state index contributed by atoms with van der Waals surface area (Å²) in [5.74, 6) is -0.917. The normalized spacial score (nSPS) is 12.5. The SMILES string of the molecule is CS(=O)c1ccc(F)c([N+](=O)[O-])c1. The number of nitro benzene ring substituents is 1. The summed E-state index contributed by atoms with van der Waals surface area (Å²) in [6, 6.07) is 3.18. The highest BCUT2D eigenvalue weighted by molar-refractivity contribution is 7.84. The largest absolute Gasteiger partial charge is 0.305 e. The molecular weight excluding hydrogens is 197 g/mol. The van der Waals surface area contributed by atoms with Crippen molar-refractivity contribution in [3.63, 3.8) is 0 Å². The average Bonchev–Trinajstić information content (AvgIpc) is 2.04. The van der Waals surface area contributed by atoms with Gasteiger partial charge in [0, 0.05) is 17.2 Å². The van der Waals surface area contributed by atoms with Gasteiger partial charge in [0.2, 0.25) is 5.82 Å². The van der Waals surface area contributed by atoms with Gasteiger partial charge in [-0.3, -0.25) is 14.3 Å². The predicted molar refractivity (Wildman–Crippen MR) is 45.4 cm³/mol. The lowest BCUT2D eigenvalue weighted by atomic mass is 10.3. The summed E-state index contributed by atoms with van der Waals surface area (Å²) in [5, 5.41) is 10.3. The van der Waals surface area contributed by atoms with Crippen molar-refractivity contribution in [2.24, 2.45) is 0 Å². The van der Waals surface area contributed by atoms with Crippen LogP contribution in [0.3, 0.4) is 0 Å². The van der Waals surface area contributed by atoms with Gasteiger partial charge in [0.1, 0.15) is 0 Å². The number of nitrogens with zero attached hydrogens (tertiary/aromatic N) is 1. The smallest absolute Gasteiger partial charge is 0.258 e. The molecule has 0 aliphatic rings. The van der Waals surface area contributed by atoms with Crippen LogP contribution in [0.5, 0.6) is 0 Å². The van der Waals surface area contributed by atoms with Crippen molar-refractivity contribution in [3.05, 3.63) is 34.1 Å². The highest BCUT2D eigenvalue weighted by Crippen LogP contribution is 2.19. The van der Waals surface area contributed by atoms with E-state index >= 15 is 0 Å². The topological polar surface area (TPSA) is 60.2 Å². The second kappa shape index (κ2) is 3.61. The molecule has 0 heterocycles. The Labute approximate surface area is 76.0 Å². The second-order valence-corrected chi connectivity index (χ2v) is 3.70. The van der Waals surface area contributed by atoms with Crippen LogP contribution in [0.4, 0.5) is 10.1 Å². The van der Waals surface area contributed by atoms with Crippen molar-refractivity contribution >= 4 is 16.5 Å². The van der Waals surface area contributed by atoms with Crippen molar-refractivity contribution < 1.29 is 13.5 Å². The van der Waals surface area contributed by atoms with Gasteiger partial charge in [-0.05, 0) is 12.1 Å². The molecule has 0 N–H and O–H groups in total. The molecule has 0 aliphatic heterocycles. The Hall–Kier alpha value is -1.30. The molecule has 1 rings (SSSR count). The van der Waals surface area contributed by atoms with Gasteiger partial charge in [-0.25, -0.2) is 0 Å². The van der Waals surface area contributed by atoms with Gasteiger partial charge in [-0.1, -0.05) is 0 Å². The molecule has 13 heavy (non-hydrogen) atoms. The zero-order valence-corrected chi connectivity index (χ0v) is 7.51. The molecule has 0 radical (unpaired) electrons. The second-order valence-electron chi connectivity index (χ2n) is 2.32. The van der Waals surface area contributed by atoms with Crippen LogP contribution in [0.25, 0.3) is 0 Å². The van der Waals surface area contributed by atoms with Gasteiger partial charge in [0.15, 0.2) is 0 Å². The Morgan fingerprint density at radius 1 is 1.54 bits per heavy atom. The Bertz CT molecular complexity index is 380. The summed E-state index contributed by atoms with van der Waals surface area (Å²) >= 11 is 0. The van der Waals surface area contributed by atoms with Crippen LogP contribution in [-0.2, 0) is 10.8 Å². The van der Waals surface area contributed by atoms with Crippen molar-refractivity contribution in [1.82, 2.24) is 0 Å². The van der Waals surface area contributed by atoms with Crippen molar-refractivity contribution in [2.75, 3.05) is 6.26 Å². The number of hydrogen-bond acceptors (Lipinski definition) is 3. The molecule has 1 atom stereocenters. The Kier molecular flexibility index (Phi) is 2.72. The summed E-state index contributed by atoms with van der Waals surface area (Å²) < 4.78 is 23.6. The van der Waals surface area contributed by atoms with E-state index in [0.29, 0.717) is 0 Å². The first-order chi connectivity index (χ1) is 6.02. The third-order valence-electron chi connectivity index (χ3n) is 1.45. The number of benzene rings is 1. The molecule has 1 aromatic carbocycles. The van der Waals surface area contributed by atoms with Crippen molar-refractivity contribution in [2.45, 2.75) is 4.90 Å². The monoisotopic (exact) mass is 203 g/mol. The van der Waals surface area contributed by atoms with Crippen LogP contribution in [0.1, 0.15) is 0 Å². The van der Waals surface area contributed by atoms with E-state index < -0.39 is 27.2 Å². The van der Waals surface area contributed by atoms with E-state index in [1.54, 1.807) is 0 Å². The summed E-state index contributed by atoms with van der Waals surface area (Å²) in [7, 11) is -1.34. The maximum Gasteiger partial charge on any atom is 0.305 e. The quantitative estimate of drug-likeness (QED) is 0.540. The third kappa shape index (κ3) is 2.09. The molecule has 0 aliphatic carbocycles. The van der Waals surface area contributed by atoms with Crippen LogP contribution in [0.15, 0.2) is 23.1 Å². The first kappa shape index (κ1) is 9.79. The molecule has 0 saturated heterocycles. The maximum absolute atomic E-state index is 12.7. The van der Waals surface area contributed by atoms with Crippen LogP contribution in [0.2, 0.25) is 0 Å². The molecule has 1 aromatic rings. The predicted octanol–water partition coefficient (Wildman–Crippen LogP) is 1.47. The highest BCUT2D eigenvalue weighted by Gasteiger charge is 2.15. The van der Waals surface area contributed by atoms with Gasteiger partial charge in [0.25, 0.3) is 0 Å². The molecule has 0 aromatic heterocycles. The van der Waals surface area contributed by atoms with Crippen LogP contribution >= 0.6 is 0 Å². The van der Waals surface area contributed by atoms with E-state index in [2.05, 4.69) is 0 Å². The minimum atomic E-state index is -1.34. The zero-order valence-electron chi connectivity index (χ0n) is 6.69. The molecule has 0 spiro atoms. The molecule has 6 heteroatoms. The fourth-order valence-electron chi connectivity index (χ4n) is 0.811. The fourth-order valence-corrected chi connectivity index (χ4v) is 1.35. The van der Waals surface area contributed by atoms with Crippen molar-refractivity contribution in [1.29, 1.82) is 0 Å². The third-order valence-corrected chi connectivity index (χ3v) is 2.36. The number of nitro groups is 1. The van der Waals surface area contributed by atoms with Gasteiger partial charge in [-0.15, -0.1) is 0 Å². The van der Waals surface area contributed by atoms with Gasteiger partial charge in [-0.2, -0.15) is 4.39 Å².